The number of nitrogens with one attached hydrogen (secondary N) is 2. The maximum Gasteiger partial charge on any atom is 0.293 e. The monoisotopic (exact) mass is 375 g/mol. The van der Waals surface area contributed by atoms with Crippen LogP contribution < -0.4 is 15.8 Å². The minimum absolute atomic E-state index is 0.0183. The molecule has 0 atom stereocenters. The third kappa shape index (κ3) is 4.02. The number of para-hydroxylation sites is 1. The minimum atomic E-state index is -3.76. The van der Waals surface area contributed by atoms with Gasteiger partial charge in [-0.2, -0.15) is 0 Å². The summed E-state index contributed by atoms with van der Waals surface area (Å²) in [4.78, 5) is 12.2. The van der Waals surface area contributed by atoms with Crippen LogP contribution in [0.1, 0.15) is 10.6 Å². The van der Waals surface area contributed by atoms with E-state index in [4.69, 9.17) is 21.8 Å². The van der Waals surface area contributed by atoms with Crippen LogP contribution in [0.3, 0.4) is 0 Å². The second-order valence-corrected chi connectivity index (χ2v) is 7.10. The number of benzene rings is 2. The van der Waals surface area contributed by atoms with Crippen LogP contribution in [0.2, 0.25) is 0 Å². The van der Waals surface area contributed by atoms with E-state index >= 15 is 0 Å². The molecule has 1 aromatic heterocycles. The lowest BCUT2D eigenvalue weighted by atomic mass is 10.2. The fraction of sp³-hybridized carbons (Fsp3) is 0. The van der Waals surface area contributed by atoms with E-state index in [1.807, 2.05) is 18.2 Å². The second-order valence-electron chi connectivity index (χ2n) is 5.13. The van der Waals surface area contributed by atoms with Crippen molar-refractivity contribution < 1.29 is 17.6 Å². The molecule has 0 aliphatic heterocycles. The van der Waals surface area contributed by atoms with Crippen molar-refractivity contribution in [2.45, 2.75) is 4.90 Å². The highest BCUT2D eigenvalue weighted by atomic mass is 32.2. The van der Waals surface area contributed by atoms with E-state index < -0.39 is 15.9 Å². The Morgan fingerprint density at radius 3 is 2.40 bits per heavy atom. The van der Waals surface area contributed by atoms with Crippen molar-refractivity contribution in [1.29, 1.82) is 0 Å². The van der Waals surface area contributed by atoms with Gasteiger partial charge in [-0.1, -0.05) is 18.2 Å². The van der Waals surface area contributed by atoms with E-state index in [9.17, 15) is 13.2 Å². The molecule has 3 aromatic rings. The van der Waals surface area contributed by atoms with Gasteiger partial charge in [-0.25, -0.2) is 13.6 Å². The molecule has 2 aromatic carbocycles. The van der Waals surface area contributed by atoms with Crippen LogP contribution in [0.25, 0.3) is 11.0 Å². The molecule has 0 fully saturated rings. The number of carbonyl (C=O) groups excluding carboxylic acids is 1. The minimum Gasteiger partial charge on any atom is -0.451 e. The average molecular weight is 375 g/mol. The fourth-order valence-electron chi connectivity index (χ4n) is 2.15. The summed E-state index contributed by atoms with van der Waals surface area (Å²) in [5, 5.41) is 11.2. The predicted molar refractivity (Wildman–Crippen MR) is 97.7 cm³/mol. The molecule has 0 bridgehead atoms. The van der Waals surface area contributed by atoms with E-state index in [0.717, 1.165) is 5.39 Å². The van der Waals surface area contributed by atoms with Gasteiger partial charge in [-0.3, -0.25) is 10.1 Å². The Bertz CT molecular complexity index is 1020. The number of hydrogen-bond donors (Lipinski definition) is 3. The van der Waals surface area contributed by atoms with Crippen molar-refractivity contribution in [3.05, 3.63) is 60.4 Å². The van der Waals surface area contributed by atoms with Gasteiger partial charge in [-0.15, -0.1) is 0 Å². The van der Waals surface area contributed by atoms with Crippen LogP contribution >= 0.6 is 12.2 Å². The molecular formula is C16H13N3O4S2. The summed E-state index contributed by atoms with van der Waals surface area (Å²) in [5.41, 5.74) is 1.10. The molecule has 1 heterocycles. The maximum atomic E-state index is 12.2. The van der Waals surface area contributed by atoms with Crippen LogP contribution in [0, 0.1) is 0 Å². The number of sulfonamides is 1. The molecular weight excluding hydrogens is 362 g/mol. The van der Waals surface area contributed by atoms with E-state index in [1.165, 1.54) is 24.3 Å². The standard InChI is InChI=1S/C16H13N3O4S2/c17-25(21,22)12-7-5-11(6-8-12)18-16(24)19-15(20)14-9-10-3-1-2-4-13(10)23-14/h1-9H,(H2,17,21,22)(H2,18,19,20,24). The van der Waals surface area contributed by atoms with Gasteiger partial charge in [0.2, 0.25) is 10.0 Å². The quantitative estimate of drug-likeness (QED) is 0.605. The van der Waals surface area contributed by atoms with Crippen molar-refractivity contribution in [3.8, 4) is 0 Å². The van der Waals surface area contributed by atoms with Gasteiger partial charge in [0, 0.05) is 11.1 Å². The van der Waals surface area contributed by atoms with Crippen LogP contribution in [0.4, 0.5) is 5.69 Å². The summed E-state index contributed by atoms with van der Waals surface area (Å²) < 4.78 is 27.9. The first-order chi connectivity index (χ1) is 11.8. The lowest BCUT2D eigenvalue weighted by molar-refractivity contribution is 0.0953. The lowest BCUT2D eigenvalue weighted by Gasteiger charge is -2.09. The normalized spacial score (nSPS) is 11.2. The van der Waals surface area contributed by atoms with E-state index in [-0.39, 0.29) is 15.8 Å². The van der Waals surface area contributed by atoms with Crippen molar-refractivity contribution in [2.24, 2.45) is 5.14 Å². The van der Waals surface area contributed by atoms with Gasteiger partial charge in [0.1, 0.15) is 5.58 Å². The Labute approximate surface area is 148 Å². The molecule has 0 spiro atoms. The molecule has 0 unspecified atom stereocenters. The molecule has 9 heteroatoms. The van der Waals surface area contributed by atoms with Crippen molar-refractivity contribution in [3.63, 3.8) is 0 Å². The van der Waals surface area contributed by atoms with Gasteiger partial charge in [-0.05, 0) is 48.6 Å². The average Bonchev–Trinajstić information content (AvgIpc) is 2.98. The summed E-state index contributed by atoms with van der Waals surface area (Å²) in [6.07, 6.45) is 0. The molecule has 0 aliphatic rings. The molecule has 7 nitrogen and oxygen atoms in total. The first-order valence-electron chi connectivity index (χ1n) is 7.07. The Morgan fingerprint density at radius 1 is 1.08 bits per heavy atom. The van der Waals surface area contributed by atoms with Gasteiger partial charge in [0.15, 0.2) is 10.9 Å². The van der Waals surface area contributed by atoms with E-state index in [1.54, 1.807) is 12.1 Å². The zero-order valence-electron chi connectivity index (χ0n) is 12.7. The number of nitrogens with two attached hydrogens (primary N) is 1. The number of anilines is 1. The van der Waals surface area contributed by atoms with Crippen molar-refractivity contribution in [1.82, 2.24) is 5.32 Å². The third-order valence-electron chi connectivity index (χ3n) is 3.32. The highest BCUT2D eigenvalue weighted by molar-refractivity contribution is 7.89. The summed E-state index contributed by atoms with van der Waals surface area (Å²) in [6.45, 7) is 0. The number of rotatable bonds is 3. The molecule has 3 rings (SSSR count). The van der Waals surface area contributed by atoms with Crippen molar-refractivity contribution >= 4 is 49.9 Å². The molecule has 128 valence electrons. The molecule has 0 saturated carbocycles. The lowest BCUT2D eigenvalue weighted by Crippen LogP contribution is -2.33. The van der Waals surface area contributed by atoms with Crippen LogP contribution in [0.15, 0.2) is 63.9 Å². The second kappa shape index (κ2) is 6.63. The topological polar surface area (TPSA) is 114 Å². The van der Waals surface area contributed by atoms with Crippen molar-refractivity contribution in [2.75, 3.05) is 5.32 Å². The molecule has 4 N–H and O–H groups in total. The van der Waals surface area contributed by atoms with E-state index in [0.29, 0.717) is 11.3 Å². The van der Waals surface area contributed by atoms with Crippen LogP contribution in [0.5, 0.6) is 0 Å². The summed E-state index contributed by atoms with van der Waals surface area (Å²) in [7, 11) is -3.76. The first kappa shape index (κ1) is 17.1. The third-order valence-corrected chi connectivity index (χ3v) is 4.45. The molecule has 0 aliphatic carbocycles. The van der Waals surface area contributed by atoms with Gasteiger partial charge in [0.25, 0.3) is 5.91 Å². The zero-order valence-corrected chi connectivity index (χ0v) is 14.4. The number of fused-ring (bicyclic) bond motifs is 1. The molecule has 0 saturated heterocycles. The fourth-order valence-corrected chi connectivity index (χ4v) is 2.87. The number of hydrogen-bond acceptors (Lipinski definition) is 5. The van der Waals surface area contributed by atoms with Crippen LogP contribution in [-0.4, -0.2) is 19.4 Å². The number of primary sulfonamides is 1. The molecule has 25 heavy (non-hydrogen) atoms. The summed E-state index contributed by atoms with van der Waals surface area (Å²) >= 11 is 5.07. The Kier molecular flexibility index (Phi) is 4.53. The maximum absolute atomic E-state index is 12.2. The predicted octanol–water partition coefficient (Wildman–Crippen LogP) is 2.21. The number of thiocarbonyl (C=S) groups is 1. The highest BCUT2D eigenvalue weighted by Gasteiger charge is 2.14. The first-order valence-corrected chi connectivity index (χ1v) is 9.02. The highest BCUT2D eigenvalue weighted by Crippen LogP contribution is 2.18. The zero-order chi connectivity index (χ0) is 18.0. The Balaban J connectivity index is 1.66. The SMILES string of the molecule is NS(=O)(=O)c1ccc(NC(=S)NC(=O)c2cc3ccccc3o2)cc1. The van der Waals surface area contributed by atoms with Crippen LogP contribution in [-0.2, 0) is 10.0 Å². The number of furan rings is 1. The molecule has 1 amide bonds. The smallest absolute Gasteiger partial charge is 0.293 e. The molecule has 0 radical (unpaired) electrons. The Morgan fingerprint density at radius 2 is 1.76 bits per heavy atom. The van der Waals surface area contributed by atoms with Gasteiger partial charge >= 0.3 is 0 Å². The van der Waals surface area contributed by atoms with Gasteiger partial charge < -0.3 is 9.73 Å². The summed E-state index contributed by atoms with van der Waals surface area (Å²) in [6, 6.07) is 14.5. The largest absolute Gasteiger partial charge is 0.451 e. The number of carbonyl (C=O) groups is 1. The number of amides is 1. The van der Waals surface area contributed by atoms with E-state index in [2.05, 4.69) is 10.6 Å². The summed E-state index contributed by atoms with van der Waals surface area (Å²) in [5.74, 6) is -0.357. The van der Waals surface area contributed by atoms with Gasteiger partial charge in [0.05, 0.1) is 4.90 Å². The Hall–Kier alpha value is -2.75.